The van der Waals surface area contributed by atoms with Gasteiger partial charge in [0.1, 0.15) is 16.8 Å². The van der Waals surface area contributed by atoms with Crippen LogP contribution in [0, 0.1) is 0 Å². The monoisotopic (exact) mass is 337 g/mol. The van der Waals surface area contributed by atoms with Crippen LogP contribution in [0.4, 0.5) is 5.82 Å². The Balaban J connectivity index is 1.62. The normalized spacial score (nSPS) is 19.5. The van der Waals surface area contributed by atoms with Crippen LogP contribution in [0.2, 0.25) is 5.15 Å². The van der Waals surface area contributed by atoms with Gasteiger partial charge in [0.15, 0.2) is 0 Å². The van der Waals surface area contributed by atoms with Crippen LogP contribution < -0.4 is 10.2 Å². The minimum Gasteiger partial charge on any atom is -0.355 e. The zero-order valence-electron chi connectivity index (χ0n) is 13.6. The van der Waals surface area contributed by atoms with E-state index in [0.717, 1.165) is 44.2 Å². The molecule has 2 aliphatic rings. The van der Waals surface area contributed by atoms with Gasteiger partial charge in [-0.05, 0) is 26.2 Å². The highest BCUT2D eigenvalue weighted by molar-refractivity contribution is 6.29. The van der Waals surface area contributed by atoms with Gasteiger partial charge in [-0.25, -0.2) is 9.97 Å². The van der Waals surface area contributed by atoms with Crippen molar-refractivity contribution in [2.45, 2.75) is 32.1 Å². The quantitative estimate of drug-likeness (QED) is 0.828. The molecule has 126 valence electrons. The summed E-state index contributed by atoms with van der Waals surface area (Å²) in [6, 6.07) is 1.85. The van der Waals surface area contributed by atoms with Crippen LogP contribution in [-0.4, -0.2) is 60.0 Å². The number of halogens is 1. The molecule has 3 rings (SSSR count). The zero-order valence-corrected chi connectivity index (χ0v) is 14.3. The van der Waals surface area contributed by atoms with Crippen molar-refractivity contribution in [3.8, 4) is 0 Å². The Labute approximate surface area is 142 Å². The molecule has 7 heteroatoms. The summed E-state index contributed by atoms with van der Waals surface area (Å²) >= 11 is 6.17. The lowest BCUT2D eigenvalue weighted by molar-refractivity contribution is -0.122. The largest absolute Gasteiger partial charge is 0.355 e. The summed E-state index contributed by atoms with van der Waals surface area (Å²) < 4.78 is 0. The van der Waals surface area contributed by atoms with Crippen molar-refractivity contribution in [3.63, 3.8) is 0 Å². The van der Waals surface area contributed by atoms with Crippen molar-refractivity contribution in [1.82, 2.24) is 20.2 Å². The first-order valence-corrected chi connectivity index (χ1v) is 8.82. The average molecular weight is 338 g/mol. The highest BCUT2D eigenvalue weighted by Gasteiger charge is 2.28. The number of hydrogen-bond donors (Lipinski definition) is 1. The second-order valence-corrected chi connectivity index (χ2v) is 6.64. The van der Waals surface area contributed by atoms with Crippen LogP contribution >= 0.6 is 11.6 Å². The molecular formula is C16H24ClN5O. The third-order valence-corrected chi connectivity index (χ3v) is 4.49. The predicted octanol–water partition coefficient (Wildman–Crippen LogP) is 1.66. The van der Waals surface area contributed by atoms with E-state index >= 15 is 0 Å². The zero-order chi connectivity index (χ0) is 16.2. The van der Waals surface area contributed by atoms with Crippen LogP contribution in [0.15, 0.2) is 6.07 Å². The molecule has 6 nitrogen and oxygen atoms in total. The van der Waals surface area contributed by atoms with Gasteiger partial charge in [-0.1, -0.05) is 11.6 Å². The number of carbonyl (C=O) groups is 1. The van der Waals surface area contributed by atoms with Crippen molar-refractivity contribution in [2.24, 2.45) is 0 Å². The molecule has 0 bridgehead atoms. The number of nitrogens with one attached hydrogen (secondary N) is 1. The van der Waals surface area contributed by atoms with Crippen LogP contribution in [-0.2, 0) is 4.79 Å². The predicted molar refractivity (Wildman–Crippen MR) is 91.0 cm³/mol. The van der Waals surface area contributed by atoms with Crippen molar-refractivity contribution in [1.29, 1.82) is 0 Å². The first-order valence-electron chi connectivity index (χ1n) is 8.44. The molecule has 2 heterocycles. The lowest BCUT2D eigenvalue weighted by Crippen LogP contribution is -2.39. The van der Waals surface area contributed by atoms with E-state index in [4.69, 9.17) is 16.6 Å². The minimum atomic E-state index is 0.0991. The van der Waals surface area contributed by atoms with E-state index in [9.17, 15) is 4.79 Å². The van der Waals surface area contributed by atoms with Gasteiger partial charge >= 0.3 is 0 Å². The van der Waals surface area contributed by atoms with E-state index in [1.165, 1.54) is 12.8 Å². The molecule has 1 saturated carbocycles. The van der Waals surface area contributed by atoms with Crippen LogP contribution in [0.1, 0.15) is 37.9 Å². The van der Waals surface area contributed by atoms with E-state index in [-0.39, 0.29) is 5.91 Å². The summed E-state index contributed by atoms with van der Waals surface area (Å²) in [4.78, 5) is 25.3. The first-order chi connectivity index (χ1) is 11.2. The molecule has 0 radical (unpaired) electrons. The van der Waals surface area contributed by atoms with Crippen molar-refractivity contribution >= 4 is 23.3 Å². The van der Waals surface area contributed by atoms with E-state index in [1.54, 1.807) is 0 Å². The summed E-state index contributed by atoms with van der Waals surface area (Å²) in [5, 5.41) is 3.39. The van der Waals surface area contributed by atoms with Crippen LogP contribution in [0.25, 0.3) is 0 Å². The maximum absolute atomic E-state index is 11.7. The lowest BCUT2D eigenvalue weighted by Gasteiger charge is -2.23. The van der Waals surface area contributed by atoms with Gasteiger partial charge in [0.2, 0.25) is 5.91 Å². The summed E-state index contributed by atoms with van der Waals surface area (Å²) in [5.41, 5.74) is 0. The minimum absolute atomic E-state index is 0.0991. The Morgan fingerprint density at radius 3 is 2.87 bits per heavy atom. The fourth-order valence-corrected chi connectivity index (χ4v) is 3.11. The summed E-state index contributed by atoms with van der Waals surface area (Å²) in [6.07, 6.45) is 3.35. The van der Waals surface area contributed by atoms with E-state index in [1.807, 2.05) is 13.0 Å². The number of aromatic nitrogens is 2. The number of carbonyl (C=O) groups excluding carboxylic acids is 1. The van der Waals surface area contributed by atoms with Crippen LogP contribution in [0.5, 0.6) is 0 Å². The molecule has 1 saturated heterocycles. The molecule has 1 N–H and O–H groups in total. The van der Waals surface area contributed by atoms with Crippen LogP contribution in [0.3, 0.4) is 0 Å². The van der Waals surface area contributed by atoms with Gasteiger partial charge in [-0.3, -0.25) is 9.69 Å². The van der Waals surface area contributed by atoms with Crippen molar-refractivity contribution in [3.05, 3.63) is 17.0 Å². The SMILES string of the molecule is CCNC(=O)CN1CCCN(c2cc(Cl)nc(C3CC3)n2)CC1. The molecule has 1 aromatic rings. The second-order valence-electron chi connectivity index (χ2n) is 6.25. The Bertz CT molecular complexity index is 563. The Hall–Kier alpha value is -1.40. The Kier molecular flexibility index (Phi) is 5.33. The average Bonchev–Trinajstić information content (AvgIpc) is 3.34. The number of nitrogens with zero attached hydrogens (tertiary/aromatic N) is 4. The molecule has 0 atom stereocenters. The lowest BCUT2D eigenvalue weighted by atomic mass is 10.3. The van der Waals surface area contributed by atoms with Crippen molar-refractivity contribution < 1.29 is 4.79 Å². The number of anilines is 1. The van der Waals surface area contributed by atoms with E-state index in [0.29, 0.717) is 24.2 Å². The van der Waals surface area contributed by atoms with E-state index < -0.39 is 0 Å². The standard InChI is InChI=1S/C16H24ClN5O/c1-2-18-15(23)11-21-6-3-7-22(9-8-21)14-10-13(17)19-16(20-14)12-4-5-12/h10,12H,2-9,11H2,1H3,(H,18,23). The third-order valence-electron chi connectivity index (χ3n) is 4.29. The Morgan fingerprint density at radius 1 is 1.30 bits per heavy atom. The maximum Gasteiger partial charge on any atom is 0.234 e. The molecule has 23 heavy (non-hydrogen) atoms. The molecule has 0 unspecified atom stereocenters. The maximum atomic E-state index is 11.7. The van der Waals surface area contributed by atoms with Gasteiger partial charge in [0.05, 0.1) is 6.54 Å². The van der Waals surface area contributed by atoms with E-state index in [2.05, 4.69) is 20.1 Å². The number of rotatable bonds is 5. The molecular weight excluding hydrogens is 314 g/mol. The molecule has 2 fully saturated rings. The number of hydrogen-bond acceptors (Lipinski definition) is 5. The third kappa shape index (κ3) is 4.54. The first kappa shape index (κ1) is 16.5. The van der Waals surface area contributed by atoms with Gasteiger partial charge in [-0.15, -0.1) is 0 Å². The molecule has 0 aromatic carbocycles. The molecule has 1 aliphatic carbocycles. The summed E-state index contributed by atoms with van der Waals surface area (Å²) in [5.74, 6) is 2.40. The molecule has 1 aromatic heterocycles. The molecule has 0 spiro atoms. The number of amides is 1. The topological polar surface area (TPSA) is 61.4 Å². The molecule has 1 amide bonds. The highest BCUT2D eigenvalue weighted by atomic mass is 35.5. The fourth-order valence-electron chi connectivity index (χ4n) is 2.92. The van der Waals surface area contributed by atoms with Gasteiger partial charge in [0.25, 0.3) is 0 Å². The van der Waals surface area contributed by atoms with Crippen molar-refractivity contribution in [2.75, 3.05) is 44.2 Å². The number of likely N-dealkylation sites (N-methyl/N-ethyl adjacent to an activating group) is 1. The van der Waals surface area contributed by atoms with Gasteiger partial charge < -0.3 is 10.2 Å². The Morgan fingerprint density at radius 2 is 2.13 bits per heavy atom. The summed E-state index contributed by atoms with van der Waals surface area (Å²) in [6.45, 7) is 6.68. The fraction of sp³-hybridized carbons (Fsp3) is 0.688. The van der Waals surface area contributed by atoms with Gasteiger partial charge in [-0.2, -0.15) is 0 Å². The van der Waals surface area contributed by atoms with Gasteiger partial charge in [0, 0.05) is 44.7 Å². The highest BCUT2D eigenvalue weighted by Crippen LogP contribution is 2.39. The summed E-state index contributed by atoms with van der Waals surface area (Å²) in [7, 11) is 0. The second kappa shape index (κ2) is 7.45. The molecule has 1 aliphatic heterocycles. The smallest absolute Gasteiger partial charge is 0.234 e.